The number of fused-ring (bicyclic) bond motifs is 1. The molecule has 0 aliphatic heterocycles. The number of rotatable bonds is 2. The molecule has 0 radical (unpaired) electrons. The van der Waals surface area contributed by atoms with E-state index in [9.17, 15) is 0 Å². The third-order valence-corrected chi connectivity index (χ3v) is 3.81. The summed E-state index contributed by atoms with van der Waals surface area (Å²) in [6.45, 7) is 0. The van der Waals surface area contributed by atoms with Crippen molar-refractivity contribution in [3.63, 3.8) is 0 Å². The summed E-state index contributed by atoms with van der Waals surface area (Å²) in [6, 6.07) is 14.2. The Kier molecular flexibility index (Phi) is 2.82. The molecule has 3 rings (SSSR count). The highest BCUT2D eigenvalue weighted by Gasteiger charge is 2.03. The van der Waals surface area contributed by atoms with E-state index in [-0.39, 0.29) is 0 Å². The average molecular weight is 306 g/mol. The lowest BCUT2D eigenvalue weighted by atomic mass is 10.1. The molecule has 0 amide bonds. The van der Waals surface area contributed by atoms with Crippen molar-refractivity contribution in [2.24, 2.45) is 0 Å². The second-order valence-electron chi connectivity index (χ2n) is 3.55. The van der Waals surface area contributed by atoms with Gasteiger partial charge in [0.25, 0.3) is 5.19 Å². The number of hydrogen-bond acceptors (Lipinski definition) is 3. The minimum absolute atomic E-state index is 0.646. The lowest BCUT2D eigenvalue weighted by molar-refractivity contribution is 0.479. The van der Waals surface area contributed by atoms with Gasteiger partial charge in [-0.05, 0) is 38.8 Å². The molecule has 1 heterocycles. The number of nitrogens with zero attached hydrogens (tertiary/aromatic N) is 1. The fraction of sp³-hybridized carbons (Fsp3) is 0. The van der Waals surface area contributed by atoms with Crippen molar-refractivity contribution in [3.05, 3.63) is 52.4 Å². The van der Waals surface area contributed by atoms with E-state index < -0.39 is 0 Å². The fourth-order valence-corrected chi connectivity index (χ4v) is 2.72. The summed E-state index contributed by atoms with van der Waals surface area (Å²) >= 11 is 4.77. The molecule has 0 saturated carbocycles. The summed E-state index contributed by atoms with van der Waals surface area (Å²) in [5.74, 6) is 0.811. The molecule has 3 aromatic rings. The van der Waals surface area contributed by atoms with Crippen LogP contribution in [-0.2, 0) is 0 Å². The number of hydrogen-bond donors (Lipinski definition) is 0. The molecule has 0 aliphatic rings. The molecule has 1 aromatic heterocycles. The molecular formula is C13H8BrNOS. The number of thiazole rings is 1. The highest BCUT2D eigenvalue weighted by atomic mass is 79.9. The molecular weight excluding hydrogens is 298 g/mol. The molecule has 0 aliphatic carbocycles. The molecule has 2 aromatic carbocycles. The van der Waals surface area contributed by atoms with Crippen molar-refractivity contribution in [3.8, 4) is 10.9 Å². The van der Waals surface area contributed by atoms with Gasteiger partial charge in [-0.3, -0.25) is 0 Å². The zero-order valence-corrected chi connectivity index (χ0v) is 11.2. The zero-order valence-electron chi connectivity index (χ0n) is 8.76. The molecule has 0 saturated heterocycles. The maximum absolute atomic E-state index is 5.68. The summed E-state index contributed by atoms with van der Waals surface area (Å²) in [7, 11) is 0. The topological polar surface area (TPSA) is 22.1 Å². The smallest absolute Gasteiger partial charge is 0.279 e. The van der Waals surface area contributed by atoms with Crippen molar-refractivity contribution in [2.45, 2.75) is 0 Å². The Morgan fingerprint density at radius 2 is 1.88 bits per heavy atom. The third kappa shape index (κ3) is 2.33. The van der Waals surface area contributed by atoms with Crippen LogP contribution in [0.3, 0.4) is 0 Å². The first kappa shape index (κ1) is 10.7. The Balaban J connectivity index is 1.95. The van der Waals surface area contributed by atoms with E-state index in [0.29, 0.717) is 5.19 Å². The van der Waals surface area contributed by atoms with Gasteiger partial charge in [0.15, 0.2) is 0 Å². The zero-order chi connectivity index (χ0) is 11.7. The third-order valence-electron chi connectivity index (χ3n) is 2.38. The molecule has 17 heavy (non-hydrogen) atoms. The van der Waals surface area contributed by atoms with Crippen LogP contribution in [-0.4, -0.2) is 4.98 Å². The minimum Gasteiger partial charge on any atom is -0.431 e. The monoisotopic (exact) mass is 305 g/mol. The molecule has 0 bridgehead atoms. The van der Waals surface area contributed by atoms with E-state index in [1.807, 2.05) is 35.7 Å². The first-order valence-corrected chi connectivity index (χ1v) is 6.76. The summed E-state index contributed by atoms with van der Waals surface area (Å²) in [5, 5.41) is 4.92. The van der Waals surface area contributed by atoms with Crippen molar-refractivity contribution in [1.29, 1.82) is 0 Å². The van der Waals surface area contributed by atoms with Crippen LogP contribution in [0.25, 0.3) is 10.8 Å². The van der Waals surface area contributed by atoms with Crippen LogP contribution in [0.4, 0.5) is 0 Å². The highest BCUT2D eigenvalue weighted by Crippen LogP contribution is 2.29. The van der Waals surface area contributed by atoms with E-state index in [2.05, 4.69) is 33.0 Å². The number of benzene rings is 2. The molecule has 2 nitrogen and oxygen atoms in total. The van der Waals surface area contributed by atoms with Gasteiger partial charge in [0.05, 0.1) is 0 Å². The summed E-state index contributed by atoms with van der Waals surface area (Å²) < 4.78 is 6.49. The normalized spacial score (nSPS) is 10.6. The van der Waals surface area contributed by atoms with E-state index >= 15 is 0 Å². The molecule has 0 unspecified atom stereocenters. The second kappa shape index (κ2) is 4.47. The van der Waals surface area contributed by atoms with Gasteiger partial charge in [0.1, 0.15) is 10.4 Å². The van der Waals surface area contributed by atoms with Gasteiger partial charge in [-0.25, -0.2) is 0 Å². The van der Waals surface area contributed by atoms with Gasteiger partial charge in [0.2, 0.25) is 0 Å². The molecule has 0 N–H and O–H groups in total. The first-order chi connectivity index (χ1) is 8.31. The van der Waals surface area contributed by atoms with Gasteiger partial charge in [-0.15, -0.1) is 0 Å². The molecule has 0 fully saturated rings. The molecule has 4 heteroatoms. The van der Waals surface area contributed by atoms with E-state index in [1.165, 1.54) is 22.1 Å². The Hall–Kier alpha value is -1.39. The van der Waals surface area contributed by atoms with Gasteiger partial charge in [-0.1, -0.05) is 41.7 Å². The summed E-state index contributed by atoms with van der Waals surface area (Å²) in [6.07, 6.45) is 0. The number of ether oxygens (including phenoxy) is 1. The molecule has 84 valence electrons. The van der Waals surface area contributed by atoms with Crippen LogP contribution in [0.15, 0.2) is 52.4 Å². The van der Waals surface area contributed by atoms with Crippen LogP contribution in [0.5, 0.6) is 10.9 Å². The molecule has 0 atom stereocenters. The summed E-state index contributed by atoms with van der Waals surface area (Å²) in [4.78, 5) is 4.20. The maximum atomic E-state index is 5.68. The number of halogens is 1. The van der Waals surface area contributed by atoms with Crippen molar-refractivity contribution >= 4 is 38.0 Å². The highest BCUT2D eigenvalue weighted by molar-refractivity contribution is 9.10. The fourth-order valence-electron chi connectivity index (χ4n) is 1.62. The van der Waals surface area contributed by atoms with E-state index in [0.717, 1.165) is 10.4 Å². The Morgan fingerprint density at radius 3 is 2.65 bits per heavy atom. The van der Waals surface area contributed by atoms with Gasteiger partial charge >= 0.3 is 0 Å². The van der Waals surface area contributed by atoms with Crippen molar-refractivity contribution in [2.75, 3.05) is 0 Å². The Morgan fingerprint density at radius 1 is 1.06 bits per heavy atom. The maximum Gasteiger partial charge on any atom is 0.279 e. The quantitative estimate of drug-likeness (QED) is 0.675. The largest absolute Gasteiger partial charge is 0.431 e. The SMILES string of the molecule is Brc1csc(Oc2ccc3ccccc3c2)n1. The standard InChI is InChI=1S/C13H8BrNOS/c14-12-8-17-13(15-12)16-11-6-5-9-3-1-2-4-10(9)7-11/h1-8H. The second-order valence-corrected chi connectivity index (χ2v) is 5.18. The van der Waals surface area contributed by atoms with Crippen LogP contribution >= 0.6 is 27.3 Å². The minimum atomic E-state index is 0.646. The van der Waals surface area contributed by atoms with Gasteiger partial charge < -0.3 is 4.74 Å². The lowest BCUT2D eigenvalue weighted by Crippen LogP contribution is -1.83. The van der Waals surface area contributed by atoms with Crippen LogP contribution in [0.2, 0.25) is 0 Å². The van der Waals surface area contributed by atoms with E-state index in [1.54, 1.807) is 0 Å². The number of aromatic nitrogens is 1. The predicted molar refractivity (Wildman–Crippen MR) is 73.8 cm³/mol. The van der Waals surface area contributed by atoms with Gasteiger partial charge in [-0.2, -0.15) is 4.98 Å². The van der Waals surface area contributed by atoms with Crippen LogP contribution in [0.1, 0.15) is 0 Å². The van der Waals surface area contributed by atoms with Crippen molar-refractivity contribution < 1.29 is 4.74 Å². The van der Waals surface area contributed by atoms with Crippen LogP contribution in [0, 0.1) is 0 Å². The average Bonchev–Trinajstić information content (AvgIpc) is 2.75. The molecule has 0 spiro atoms. The van der Waals surface area contributed by atoms with Gasteiger partial charge in [0, 0.05) is 5.38 Å². The Labute approximate surface area is 111 Å². The predicted octanol–water partition coefficient (Wildman–Crippen LogP) is 4.85. The van der Waals surface area contributed by atoms with Crippen LogP contribution < -0.4 is 4.74 Å². The Bertz CT molecular complexity index is 665. The lowest BCUT2D eigenvalue weighted by Gasteiger charge is -2.03. The van der Waals surface area contributed by atoms with E-state index in [4.69, 9.17) is 4.74 Å². The summed E-state index contributed by atoms with van der Waals surface area (Å²) in [5.41, 5.74) is 0. The first-order valence-electron chi connectivity index (χ1n) is 5.09. The van der Waals surface area contributed by atoms with Crippen molar-refractivity contribution in [1.82, 2.24) is 4.98 Å².